The fraction of sp³-hybridized carbons (Fsp3) is 0.591. The number of methoxy groups -OCH3 is 2. The van der Waals surface area contributed by atoms with Crippen molar-refractivity contribution in [1.82, 2.24) is 4.90 Å². The van der Waals surface area contributed by atoms with Crippen LogP contribution in [0.25, 0.3) is 0 Å². The van der Waals surface area contributed by atoms with Gasteiger partial charge in [0.25, 0.3) is 0 Å². The SMILES string of the molecule is CCCC(=O)N(CCc1ccc(OC)c(OC)c1)CC1CC2C=CC1C2. The zero-order valence-electron chi connectivity index (χ0n) is 16.2. The maximum atomic E-state index is 12.6. The Morgan fingerprint density at radius 3 is 2.58 bits per heavy atom. The van der Waals surface area contributed by atoms with Crippen molar-refractivity contribution < 1.29 is 14.3 Å². The van der Waals surface area contributed by atoms with Crippen LogP contribution in [0.15, 0.2) is 30.4 Å². The summed E-state index contributed by atoms with van der Waals surface area (Å²) in [6, 6.07) is 6.01. The molecule has 2 aliphatic carbocycles. The van der Waals surface area contributed by atoms with Crippen LogP contribution < -0.4 is 9.47 Å². The van der Waals surface area contributed by atoms with Gasteiger partial charge in [0.2, 0.25) is 5.91 Å². The first-order chi connectivity index (χ1) is 12.6. The number of hydrogen-bond acceptors (Lipinski definition) is 3. The zero-order chi connectivity index (χ0) is 18.5. The summed E-state index contributed by atoms with van der Waals surface area (Å²) in [5.74, 6) is 3.84. The van der Waals surface area contributed by atoms with E-state index in [1.54, 1.807) is 14.2 Å². The molecule has 1 fully saturated rings. The number of benzene rings is 1. The summed E-state index contributed by atoms with van der Waals surface area (Å²) in [4.78, 5) is 14.7. The van der Waals surface area contributed by atoms with Gasteiger partial charge in [0.1, 0.15) is 0 Å². The van der Waals surface area contributed by atoms with E-state index in [-0.39, 0.29) is 0 Å². The van der Waals surface area contributed by atoms with Crippen LogP contribution in [0.3, 0.4) is 0 Å². The molecule has 1 aromatic rings. The summed E-state index contributed by atoms with van der Waals surface area (Å²) in [7, 11) is 3.30. The van der Waals surface area contributed by atoms with E-state index in [4.69, 9.17) is 9.47 Å². The smallest absolute Gasteiger partial charge is 0.222 e. The van der Waals surface area contributed by atoms with Crippen molar-refractivity contribution in [2.24, 2.45) is 17.8 Å². The molecule has 3 atom stereocenters. The standard InChI is InChI=1S/C22H31NO3/c1-4-5-22(24)23(15-19-13-17-6-8-18(19)12-17)11-10-16-7-9-20(25-2)21(14-16)26-3/h6-9,14,17-19H,4-5,10-13,15H2,1-3H3. The van der Waals surface area contributed by atoms with E-state index >= 15 is 0 Å². The number of carbonyl (C=O) groups is 1. The van der Waals surface area contributed by atoms with Crippen molar-refractivity contribution in [3.63, 3.8) is 0 Å². The van der Waals surface area contributed by atoms with E-state index in [0.29, 0.717) is 24.2 Å². The van der Waals surface area contributed by atoms with Gasteiger partial charge in [0.05, 0.1) is 14.2 Å². The highest BCUT2D eigenvalue weighted by Crippen LogP contribution is 2.43. The van der Waals surface area contributed by atoms with Crippen LogP contribution in [0.4, 0.5) is 0 Å². The first-order valence-corrected chi connectivity index (χ1v) is 9.81. The number of amides is 1. The fourth-order valence-electron chi connectivity index (χ4n) is 4.38. The number of allylic oxidation sites excluding steroid dienone is 2. The minimum atomic E-state index is 0.291. The Bertz CT molecular complexity index is 655. The number of ether oxygens (including phenoxy) is 2. The van der Waals surface area contributed by atoms with Crippen LogP contribution in [-0.2, 0) is 11.2 Å². The second kappa shape index (κ2) is 8.61. The quantitative estimate of drug-likeness (QED) is 0.625. The Balaban J connectivity index is 1.64. The first kappa shape index (κ1) is 18.8. The van der Waals surface area contributed by atoms with Crippen LogP contribution in [0.2, 0.25) is 0 Å². The molecular weight excluding hydrogens is 326 g/mol. The lowest BCUT2D eigenvalue weighted by Crippen LogP contribution is -2.37. The number of rotatable bonds is 9. The first-order valence-electron chi connectivity index (χ1n) is 9.81. The molecule has 0 heterocycles. The molecule has 4 heteroatoms. The van der Waals surface area contributed by atoms with E-state index in [1.807, 2.05) is 12.1 Å². The van der Waals surface area contributed by atoms with Gasteiger partial charge in [0.15, 0.2) is 11.5 Å². The van der Waals surface area contributed by atoms with Gasteiger partial charge in [-0.2, -0.15) is 0 Å². The number of carbonyl (C=O) groups excluding carboxylic acids is 1. The van der Waals surface area contributed by atoms with Crippen molar-refractivity contribution in [2.75, 3.05) is 27.3 Å². The molecule has 3 unspecified atom stereocenters. The highest BCUT2D eigenvalue weighted by molar-refractivity contribution is 5.76. The van der Waals surface area contributed by atoms with Crippen LogP contribution in [0, 0.1) is 17.8 Å². The molecular formula is C22H31NO3. The largest absolute Gasteiger partial charge is 0.493 e. The zero-order valence-corrected chi connectivity index (χ0v) is 16.2. The Kier molecular flexibility index (Phi) is 6.23. The third kappa shape index (κ3) is 4.22. The van der Waals surface area contributed by atoms with E-state index in [1.165, 1.54) is 18.4 Å². The Hall–Kier alpha value is -1.97. The van der Waals surface area contributed by atoms with Crippen LogP contribution >= 0.6 is 0 Å². The maximum Gasteiger partial charge on any atom is 0.222 e. The van der Waals surface area contributed by atoms with Gasteiger partial charge < -0.3 is 14.4 Å². The lowest BCUT2D eigenvalue weighted by Gasteiger charge is -2.29. The summed E-state index contributed by atoms with van der Waals surface area (Å²) >= 11 is 0. The third-order valence-corrected chi connectivity index (χ3v) is 5.81. The Labute approximate surface area is 157 Å². The highest BCUT2D eigenvalue weighted by Gasteiger charge is 2.36. The minimum Gasteiger partial charge on any atom is -0.493 e. The average Bonchev–Trinajstić information content (AvgIpc) is 3.28. The van der Waals surface area contributed by atoms with Crippen molar-refractivity contribution in [3.8, 4) is 11.5 Å². The molecule has 0 radical (unpaired) electrons. The molecule has 0 spiro atoms. The molecule has 0 N–H and O–H groups in total. The summed E-state index contributed by atoms with van der Waals surface area (Å²) < 4.78 is 10.7. The maximum absolute atomic E-state index is 12.6. The molecule has 2 bridgehead atoms. The number of nitrogens with zero attached hydrogens (tertiary/aromatic N) is 1. The second-order valence-electron chi connectivity index (χ2n) is 7.57. The van der Waals surface area contributed by atoms with E-state index in [9.17, 15) is 4.79 Å². The number of fused-ring (bicyclic) bond motifs is 2. The molecule has 3 rings (SSSR count). The summed E-state index contributed by atoms with van der Waals surface area (Å²) in [6.45, 7) is 3.74. The van der Waals surface area contributed by atoms with Crippen LogP contribution in [0.5, 0.6) is 11.5 Å². The monoisotopic (exact) mass is 357 g/mol. The molecule has 0 aromatic heterocycles. The number of hydrogen-bond donors (Lipinski definition) is 0. The second-order valence-corrected chi connectivity index (χ2v) is 7.57. The van der Waals surface area contributed by atoms with Gasteiger partial charge >= 0.3 is 0 Å². The molecule has 142 valence electrons. The van der Waals surface area contributed by atoms with Gasteiger partial charge in [-0.1, -0.05) is 25.1 Å². The minimum absolute atomic E-state index is 0.291. The molecule has 26 heavy (non-hydrogen) atoms. The normalized spacial score (nSPS) is 23.3. The Morgan fingerprint density at radius 1 is 1.15 bits per heavy atom. The summed E-state index contributed by atoms with van der Waals surface area (Å²) in [5, 5.41) is 0. The van der Waals surface area contributed by atoms with Crippen LogP contribution in [0.1, 0.15) is 38.2 Å². The average molecular weight is 357 g/mol. The van der Waals surface area contributed by atoms with Gasteiger partial charge in [-0.05, 0) is 61.1 Å². The fourth-order valence-corrected chi connectivity index (χ4v) is 4.38. The predicted molar refractivity (Wildman–Crippen MR) is 104 cm³/mol. The van der Waals surface area contributed by atoms with E-state index in [2.05, 4.69) is 30.0 Å². The van der Waals surface area contributed by atoms with Crippen LogP contribution in [-0.4, -0.2) is 38.1 Å². The molecule has 1 saturated carbocycles. The Morgan fingerprint density at radius 2 is 1.96 bits per heavy atom. The van der Waals surface area contributed by atoms with E-state index in [0.717, 1.165) is 43.3 Å². The third-order valence-electron chi connectivity index (χ3n) is 5.81. The van der Waals surface area contributed by atoms with Crippen molar-refractivity contribution >= 4 is 5.91 Å². The summed E-state index contributed by atoms with van der Waals surface area (Å²) in [6.07, 6.45) is 9.65. The molecule has 4 nitrogen and oxygen atoms in total. The lowest BCUT2D eigenvalue weighted by molar-refractivity contribution is -0.132. The van der Waals surface area contributed by atoms with Gasteiger partial charge in [0, 0.05) is 19.5 Å². The molecule has 1 amide bonds. The molecule has 0 aliphatic heterocycles. The lowest BCUT2D eigenvalue weighted by atomic mass is 9.93. The van der Waals surface area contributed by atoms with Crippen molar-refractivity contribution in [3.05, 3.63) is 35.9 Å². The van der Waals surface area contributed by atoms with Gasteiger partial charge in [-0.15, -0.1) is 0 Å². The van der Waals surface area contributed by atoms with Crippen molar-refractivity contribution in [1.29, 1.82) is 0 Å². The topological polar surface area (TPSA) is 38.8 Å². The molecule has 1 aromatic carbocycles. The van der Waals surface area contributed by atoms with Gasteiger partial charge in [-0.3, -0.25) is 4.79 Å². The molecule has 0 saturated heterocycles. The van der Waals surface area contributed by atoms with Gasteiger partial charge in [-0.25, -0.2) is 0 Å². The van der Waals surface area contributed by atoms with E-state index < -0.39 is 0 Å². The highest BCUT2D eigenvalue weighted by atomic mass is 16.5. The summed E-state index contributed by atoms with van der Waals surface area (Å²) in [5.41, 5.74) is 1.17. The molecule has 2 aliphatic rings. The predicted octanol–water partition coefficient (Wildman–Crippen LogP) is 4.09. The van der Waals surface area contributed by atoms with Crippen molar-refractivity contribution in [2.45, 2.75) is 39.0 Å².